The third kappa shape index (κ3) is 4.23. The number of imidazole rings is 1. The molecule has 3 aromatic rings. The quantitative estimate of drug-likeness (QED) is 0.669. The monoisotopic (exact) mass is 320 g/mol. The normalized spacial score (nSPS) is 11.7. The maximum atomic E-state index is 12.4. The molecular weight excluding hydrogens is 300 g/mol. The highest BCUT2D eigenvalue weighted by atomic mass is 16.2. The lowest BCUT2D eigenvalue weighted by atomic mass is 10.0. The van der Waals surface area contributed by atoms with Crippen LogP contribution in [-0.4, -0.2) is 16.0 Å². The lowest BCUT2D eigenvalue weighted by Crippen LogP contribution is -2.33. The Morgan fingerprint density at radius 1 is 1.17 bits per heavy atom. The van der Waals surface area contributed by atoms with Gasteiger partial charge in [0, 0.05) is 24.5 Å². The molecule has 0 saturated heterocycles. The summed E-state index contributed by atoms with van der Waals surface area (Å²) in [4.78, 5) is 19.7. The molecule has 5 heteroatoms. The molecule has 2 aromatic carbocycles. The van der Waals surface area contributed by atoms with Crippen molar-refractivity contribution in [3.05, 3.63) is 83.9 Å². The Labute approximate surface area is 141 Å². The van der Waals surface area contributed by atoms with Crippen molar-refractivity contribution < 1.29 is 4.79 Å². The van der Waals surface area contributed by atoms with Crippen LogP contribution < -0.4 is 10.6 Å². The van der Waals surface area contributed by atoms with E-state index in [2.05, 4.69) is 20.6 Å². The second-order valence-electron chi connectivity index (χ2n) is 5.67. The first-order valence-corrected chi connectivity index (χ1v) is 7.88. The molecule has 0 aliphatic carbocycles. The van der Waals surface area contributed by atoms with Gasteiger partial charge in [0.05, 0.1) is 6.04 Å². The van der Waals surface area contributed by atoms with E-state index < -0.39 is 0 Å². The van der Waals surface area contributed by atoms with Crippen LogP contribution in [0.15, 0.2) is 67.0 Å². The highest BCUT2D eigenvalue weighted by Gasteiger charge is 2.16. The van der Waals surface area contributed by atoms with Crippen LogP contribution in [0.25, 0.3) is 0 Å². The van der Waals surface area contributed by atoms with Gasteiger partial charge in [0.15, 0.2) is 0 Å². The topological polar surface area (TPSA) is 69.8 Å². The summed E-state index contributed by atoms with van der Waals surface area (Å²) < 4.78 is 0. The van der Waals surface area contributed by atoms with Crippen LogP contribution in [0.5, 0.6) is 0 Å². The van der Waals surface area contributed by atoms with Crippen molar-refractivity contribution in [3.8, 4) is 0 Å². The van der Waals surface area contributed by atoms with E-state index in [-0.39, 0.29) is 12.1 Å². The number of amides is 2. The molecule has 3 rings (SSSR count). The predicted molar refractivity (Wildman–Crippen MR) is 94.8 cm³/mol. The molecule has 5 nitrogen and oxygen atoms in total. The number of nitrogens with zero attached hydrogens (tertiary/aromatic N) is 1. The van der Waals surface area contributed by atoms with E-state index in [4.69, 9.17) is 0 Å². The minimum atomic E-state index is -0.235. The number of aryl methyl sites for hydroxylation is 1. The minimum absolute atomic E-state index is 0.165. The Kier molecular flexibility index (Phi) is 4.91. The van der Waals surface area contributed by atoms with Crippen LogP contribution in [0.2, 0.25) is 0 Å². The van der Waals surface area contributed by atoms with E-state index >= 15 is 0 Å². The predicted octanol–water partition coefficient (Wildman–Crippen LogP) is 3.82. The van der Waals surface area contributed by atoms with Crippen LogP contribution in [0.4, 0.5) is 10.5 Å². The summed E-state index contributed by atoms with van der Waals surface area (Å²) in [6.45, 7) is 1.99. The molecule has 0 aliphatic heterocycles. The van der Waals surface area contributed by atoms with Gasteiger partial charge in [-0.3, -0.25) is 0 Å². The lowest BCUT2D eigenvalue weighted by molar-refractivity contribution is 0.248. The molecule has 24 heavy (non-hydrogen) atoms. The molecule has 0 fully saturated rings. The molecule has 0 radical (unpaired) electrons. The number of hydrogen-bond donors (Lipinski definition) is 3. The third-order valence-electron chi connectivity index (χ3n) is 3.74. The van der Waals surface area contributed by atoms with Crippen molar-refractivity contribution in [2.75, 3.05) is 5.32 Å². The molecule has 0 aliphatic rings. The van der Waals surface area contributed by atoms with E-state index in [9.17, 15) is 4.79 Å². The largest absolute Gasteiger partial charge is 0.349 e. The second kappa shape index (κ2) is 7.46. The number of rotatable bonds is 5. The van der Waals surface area contributed by atoms with Crippen molar-refractivity contribution in [1.29, 1.82) is 0 Å². The zero-order valence-corrected chi connectivity index (χ0v) is 13.5. The Morgan fingerprint density at radius 2 is 2.00 bits per heavy atom. The van der Waals surface area contributed by atoms with E-state index in [1.807, 2.05) is 61.5 Å². The van der Waals surface area contributed by atoms with Crippen molar-refractivity contribution in [1.82, 2.24) is 15.3 Å². The van der Waals surface area contributed by atoms with Gasteiger partial charge < -0.3 is 15.6 Å². The molecule has 0 saturated carbocycles. The Hall–Kier alpha value is -3.08. The van der Waals surface area contributed by atoms with E-state index in [0.717, 1.165) is 22.6 Å². The molecule has 0 unspecified atom stereocenters. The molecule has 0 spiro atoms. The summed E-state index contributed by atoms with van der Waals surface area (Å²) in [6, 6.07) is 17.2. The smallest absolute Gasteiger partial charge is 0.319 e. The van der Waals surface area contributed by atoms with Crippen LogP contribution in [0, 0.1) is 6.92 Å². The van der Waals surface area contributed by atoms with Crippen molar-refractivity contribution in [2.45, 2.75) is 19.4 Å². The highest BCUT2D eigenvalue weighted by Crippen LogP contribution is 2.17. The highest BCUT2D eigenvalue weighted by molar-refractivity contribution is 5.89. The first-order chi connectivity index (χ1) is 11.7. The zero-order chi connectivity index (χ0) is 16.8. The number of benzene rings is 2. The lowest BCUT2D eigenvalue weighted by Gasteiger charge is -2.19. The van der Waals surface area contributed by atoms with E-state index in [1.54, 1.807) is 12.4 Å². The number of H-pyrrole nitrogens is 1. The first kappa shape index (κ1) is 15.8. The number of carbonyl (C=O) groups is 1. The fourth-order valence-electron chi connectivity index (χ4n) is 2.59. The van der Waals surface area contributed by atoms with Gasteiger partial charge in [-0.2, -0.15) is 0 Å². The SMILES string of the molecule is Cc1cccc(NC(=O)N[C@H](Cc2ncc[nH]2)c2ccccc2)c1. The maximum absolute atomic E-state index is 12.4. The van der Waals surface area contributed by atoms with Gasteiger partial charge in [-0.15, -0.1) is 0 Å². The molecule has 1 aromatic heterocycles. The van der Waals surface area contributed by atoms with Gasteiger partial charge >= 0.3 is 6.03 Å². The maximum Gasteiger partial charge on any atom is 0.319 e. The van der Waals surface area contributed by atoms with Crippen molar-refractivity contribution in [3.63, 3.8) is 0 Å². The van der Waals surface area contributed by atoms with Gasteiger partial charge in [-0.1, -0.05) is 42.5 Å². The minimum Gasteiger partial charge on any atom is -0.349 e. The number of anilines is 1. The van der Waals surface area contributed by atoms with Crippen LogP contribution in [0.1, 0.15) is 23.0 Å². The van der Waals surface area contributed by atoms with Gasteiger partial charge in [-0.05, 0) is 30.2 Å². The van der Waals surface area contributed by atoms with E-state index in [1.165, 1.54) is 0 Å². The summed E-state index contributed by atoms with van der Waals surface area (Å²) in [5.41, 5.74) is 2.91. The molecular formula is C19H20N4O. The van der Waals surface area contributed by atoms with Crippen LogP contribution >= 0.6 is 0 Å². The van der Waals surface area contributed by atoms with Crippen LogP contribution in [-0.2, 0) is 6.42 Å². The Morgan fingerprint density at radius 3 is 2.71 bits per heavy atom. The summed E-state index contributed by atoms with van der Waals surface area (Å²) in [7, 11) is 0. The van der Waals surface area contributed by atoms with Crippen molar-refractivity contribution >= 4 is 11.7 Å². The van der Waals surface area contributed by atoms with Crippen molar-refractivity contribution in [2.24, 2.45) is 0 Å². The zero-order valence-electron chi connectivity index (χ0n) is 13.5. The fraction of sp³-hybridized carbons (Fsp3) is 0.158. The number of nitrogens with one attached hydrogen (secondary N) is 3. The van der Waals surface area contributed by atoms with Gasteiger partial charge in [0.25, 0.3) is 0 Å². The first-order valence-electron chi connectivity index (χ1n) is 7.88. The Bertz CT molecular complexity index is 784. The molecule has 1 heterocycles. The number of carbonyl (C=O) groups excluding carboxylic acids is 1. The Balaban J connectivity index is 1.72. The average Bonchev–Trinajstić information content (AvgIpc) is 3.08. The van der Waals surface area contributed by atoms with Crippen LogP contribution in [0.3, 0.4) is 0 Å². The summed E-state index contributed by atoms with van der Waals surface area (Å²) in [6.07, 6.45) is 4.09. The average molecular weight is 320 g/mol. The van der Waals surface area contributed by atoms with Gasteiger partial charge in [0.1, 0.15) is 5.82 Å². The summed E-state index contributed by atoms with van der Waals surface area (Å²) in [5, 5.41) is 5.91. The molecule has 122 valence electrons. The van der Waals surface area contributed by atoms with Gasteiger partial charge in [0.2, 0.25) is 0 Å². The second-order valence-corrected chi connectivity index (χ2v) is 5.67. The molecule has 2 amide bonds. The molecule has 3 N–H and O–H groups in total. The van der Waals surface area contributed by atoms with E-state index in [0.29, 0.717) is 6.42 Å². The summed E-state index contributed by atoms with van der Waals surface area (Å²) in [5.74, 6) is 0.833. The molecule has 1 atom stereocenters. The number of aromatic nitrogens is 2. The summed E-state index contributed by atoms with van der Waals surface area (Å²) >= 11 is 0. The number of hydrogen-bond acceptors (Lipinski definition) is 2. The number of aromatic amines is 1. The molecule has 0 bridgehead atoms. The standard InChI is InChI=1S/C19H20N4O/c1-14-6-5-9-16(12-14)22-19(24)23-17(13-18-20-10-11-21-18)15-7-3-2-4-8-15/h2-12,17H,13H2,1H3,(H,20,21)(H2,22,23,24)/t17-/m1/s1. The van der Waals surface area contributed by atoms with Gasteiger partial charge in [-0.25, -0.2) is 9.78 Å². The number of urea groups is 1. The fourth-order valence-corrected chi connectivity index (χ4v) is 2.59. The third-order valence-corrected chi connectivity index (χ3v) is 3.74.